The molecule has 0 bridgehead atoms. The molecule has 1 aliphatic rings. The molecule has 1 fully saturated rings. The van der Waals surface area contributed by atoms with E-state index in [9.17, 15) is 9.59 Å². The molecule has 3 heterocycles. The Balaban J connectivity index is 1.12. The van der Waals surface area contributed by atoms with E-state index in [1.807, 2.05) is 47.4 Å². The molecule has 144 valence electrons. The van der Waals surface area contributed by atoms with Crippen LogP contribution in [-0.4, -0.2) is 39.6 Å². The first-order valence-corrected chi connectivity index (χ1v) is 10.0. The van der Waals surface area contributed by atoms with E-state index in [0.29, 0.717) is 18.0 Å². The van der Waals surface area contributed by atoms with E-state index in [4.69, 9.17) is 0 Å². The average Bonchev–Trinajstić information content (AvgIpc) is 3.13. The lowest BCUT2D eigenvalue weighted by Crippen LogP contribution is -2.49. The molecule has 4 rings (SSSR count). The molecular formula is C23H25N3O2. The molecule has 5 nitrogen and oxygen atoms in total. The minimum Gasteiger partial charge on any atom is -0.352 e. The van der Waals surface area contributed by atoms with E-state index in [1.54, 1.807) is 12.4 Å². The summed E-state index contributed by atoms with van der Waals surface area (Å²) in [6, 6.07) is 13.2. The highest BCUT2D eigenvalue weighted by Gasteiger charge is 2.30. The van der Waals surface area contributed by atoms with Crippen molar-refractivity contribution in [3.63, 3.8) is 0 Å². The molecule has 28 heavy (non-hydrogen) atoms. The van der Waals surface area contributed by atoms with Gasteiger partial charge in [0.1, 0.15) is 0 Å². The summed E-state index contributed by atoms with van der Waals surface area (Å²) in [5.74, 6) is 0.903. The van der Waals surface area contributed by atoms with Gasteiger partial charge >= 0.3 is 0 Å². The number of hydrogen-bond donors (Lipinski definition) is 1. The molecule has 0 unspecified atom stereocenters. The van der Waals surface area contributed by atoms with Crippen LogP contribution in [0.3, 0.4) is 0 Å². The number of aromatic nitrogens is 2. The highest BCUT2D eigenvalue weighted by atomic mass is 16.2. The van der Waals surface area contributed by atoms with Crippen LogP contribution in [0.2, 0.25) is 0 Å². The predicted molar refractivity (Wildman–Crippen MR) is 109 cm³/mol. The molecule has 2 aromatic heterocycles. The average molecular weight is 375 g/mol. The molecule has 0 spiro atoms. The van der Waals surface area contributed by atoms with Crippen LogP contribution < -0.4 is 0 Å². The summed E-state index contributed by atoms with van der Waals surface area (Å²) in [6.45, 7) is 1.71. The van der Waals surface area contributed by atoms with Gasteiger partial charge in [-0.05, 0) is 43.0 Å². The van der Waals surface area contributed by atoms with Gasteiger partial charge in [-0.25, -0.2) is 0 Å². The van der Waals surface area contributed by atoms with Crippen LogP contribution in [0.15, 0.2) is 54.9 Å². The number of hydrogen-bond acceptors (Lipinski definition) is 3. The zero-order valence-corrected chi connectivity index (χ0v) is 15.9. The fourth-order valence-electron chi connectivity index (χ4n) is 3.83. The number of unbranched alkanes of at least 4 members (excludes halogenated alkanes) is 2. The van der Waals surface area contributed by atoms with Crippen LogP contribution in [0.4, 0.5) is 0 Å². The second kappa shape index (κ2) is 8.38. The molecule has 0 radical (unpaired) electrons. The highest BCUT2D eigenvalue weighted by molar-refractivity contribution is 5.99. The summed E-state index contributed by atoms with van der Waals surface area (Å²) in [5, 5.41) is 0.977. The van der Waals surface area contributed by atoms with Crippen LogP contribution >= 0.6 is 0 Å². The number of Topliss-reactive ketones (excluding diaryl/α,β-unsaturated/α-hetero) is 1. The van der Waals surface area contributed by atoms with Gasteiger partial charge in [-0.3, -0.25) is 14.6 Å². The van der Waals surface area contributed by atoms with Gasteiger partial charge in [0.25, 0.3) is 5.91 Å². The number of carbonyl (C=O) groups is 2. The molecule has 1 saturated heterocycles. The van der Waals surface area contributed by atoms with Gasteiger partial charge in [0, 0.05) is 48.4 Å². The molecule has 1 N–H and O–H groups in total. The van der Waals surface area contributed by atoms with E-state index < -0.39 is 0 Å². The van der Waals surface area contributed by atoms with E-state index in [-0.39, 0.29) is 11.7 Å². The maximum Gasteiger partial charge on any atom is 0.253 e. The smallest absolute Gasteiger partial charge is 0.253 e. The first kappa shape index (κ1) is 18.4. The second-order valence-corrected chi connectivity index (χ2v) is 7.61. The molecule has 3 aromatic rings. The number of H-pyrrole nitrogens is 1. The molecular weight excluding hydrogens is 350 g/mol. The Morgan fingerprint density at radius 2 is 1.89 bits per heavy atom. The van der Waals surface area contributed by atoms with Crippen molar-refractivity contribution in [1.82, 2.24) is 14.9 Å². The summed E-state index contributed by atoms with van der Waals surface area (Å²) in [7, 11) is 0. The van der Waals surface area contributed by atoms with Crippen molar-refractivity contribution >= 4 is 22.6 Å². The van der Waals surface area contributed by atoms with Gasteiger partial charge in [0.2, 0.25) is 0 Å². The van der Waals surface area contributed by atoms with Crippen molar-refractivity contribution in [1.29, 1.82) is 0 Å². The largest absolute Gasteiger partial charge is 0.352 e. The number of aromatic amines is 1. The Morgan fingerprint density at radius 3 is 2.68 bits per heavy atom. The van der Waals surface area contributed by atoms with Crippen molar-refractivity contribution in [2.24, 2.45) is 5.92 Å². The maximum absolute atomic E-state index is 12.3. The zero-order valence-electron chi connectivity index (χ0n) is 15.9. The predicted octanol–water partition coefficient (Wildman–Crippen LogP) is 4.47. The topological polar surface area (TPSA) is 66.1 Å². The fourth-order valence-corrected chi connectivity index (χ4v) is 3.83. The lowest BCUT2D eigenvalue weighted by molar-refractivity contribution is 0.0480. The molecule has 0 atom stereocenters. The zero-order chi connectivity index (χ0) is 19.3. The number of fused-ring (bicyclic) bond motifs is 1. The van der Waals surface area contributed by atoms with Gasteiger partial charge in [0.15, 0.2) is 5.78 Å². The van der Waals surface area contributed by atoms with Gasteiger partial charge in [-0.15, -0.1) is 0 Å². The van der Waals surface area contributed by atoms with Gasteiger partial charge < -0.3 is 9.88 Å². The van der Waals surface area contributed by atoms with E-state index in [2.05, 4.69) is 9.97 Å². The summed E-state index contributed by atoms with van der Waals surface area (Å²) < 4.78 is 0. The molecule has 1 amide bonds. The Morgan fingerprint density at radius 1 is 1.07 bits per heavy atom. The van der Waals surface area contributed by atoms with Crippen molar-refractivity contribution < 1.29 is 9.59 Å². The number of carbonyl (C=O) groups excluding carboxylic acids is 2. The van der Waals surface area contributed by atoms with Crippen LogP contribution in [0, 0.1) is 5.92 Å². The molecule has 1 aromatic carbocycles. The van der Waals surface area contributed by atoms with Crippen molar-refractivity contribution in [3.05, 3.63) is 66.1 Å². The number of likely N-dealkylation sites (tertiary alicyclic amines) is 1. The number of nitrogens with one attached hydrogen (secondary N) is 1. The normalized spacial score (nSPS) is 14.2. The van der Waals surface area contributed by atoms with Gasteiger partial charge in [-0.1, -0.05) is 31.0 Å². The Labute approximate surface area is 164 Å². The van der Waals surface area contributed by atoms with Crippen molar-refractivity contribution in [2.75, 3.05) is 13.1 Å². The minimum atomic E-state index is 0.135. The third-order valence-corrected chi connectivity index (χ3v) is 5.50. The van der Waals surface area contributed by atoms with Crippen LogP contribution in [0.25, 0.3) is 10.9 Å². The second-order valence-electron chi connectivity index (χ2n) is 7.61. The summed E-state index contributed by atoms with van der Waals surface area (Å²) in [4.78, 5) is 33.8. The molecule has 1 aliphatic heterocycles. The minimum absolute atomic E-state index is 0.135. The van der Waals surface area contributed by atoms with Gasteiger partial charge in [-0.2, -0.15) is 0 Å². The highest BCUT2D eigenvalue weighted by Crippen LogP contribution is 2.24. The summed E-state index contributed by atoms with van der Waals surface area (Å²) >= 11 is 0. The number of amides is 1. The van der Waals surface area contributed by atoms with E-state index in [1.165, 1.54) is 0 Å². The Hall–Kier alpha value is -2.95. The Kier molecular flexibility index (Phi) is 5.51. The third kappa shape index (κ3) is 4.14. The van der Waals surface area contributed by atoms with Gasteiger partial charge in [0.05, 0.1) is 5.69 Å². The van der Waals surface area contributed by atoms with E-state index >= 15 is 0 Å². The molecule has 0 aliphatic carbocycles. The number of benzene rings is 1. The fraction of sp³-hybridized carbons (Fsp3) is 0.348. The van der Waals surface area contributed by atoms with Crippen molar-refractivity contribution in [3.8, 4) is 0 Å². The summed E-state index contributed by atoms with van der Waals surface area (Å²) in [6.07, 6.45) is 8.27. The molecule has 0 saturated carbocycles. The first-order chi connectivity index (χ1) is 13.7. The quantitative estimate of drug-likeness (QED) is 0.467. The van der Waals surface area contributed by atoms with Crippen LogP contribution in [-0.2, 0) is 0 Å². The Bertz CT molecular complexity index is 925. The van der Waals surface area contributed by atoms with Crippen molar-refractivity contribution in [2.45, 2.75) is 32.1 Å². The SMILES string of the molecule is O=C(CCCCCC1CN(C(=O)c2ccccc2)C1)c1cc2cnccc2[nH]1. The van der Waals surface area contributed by atoms with Crippen LogP contribution in [0.5, 0.6) is 0 Å². The summed E-state index contributed by atoms with van der Waals surface area (Å²) in [5.41, 5.74) is 2.40. The number of nitrogens with zero attached hydrogens (tertiary/aromatic N) is 2. The number of rotatable bonds is 8. The standard InChI is InChI=1S/C23H25N3O2/c27-22(21-13-19-14-24-12-11-20(19)25-21)10-6-1-3-7-17-15-26(16-17)23(28)18-8-4-2-5-9-18/h2,4-5,8-9,11-14,17,25H,1,3,6-7,10,15-16H2. The van der Waals surface area contributed by atoms with Crippen LogP contribution in [0.1, 0.15) is 53.0 Å². The maximum atomic E-state index is 12.3. The number of ketones is 1. The van der Waals surface area contributed by atoms with E-state index in [0.717, 1.165) is 55.2 Å². The monoisotopic (exact) mass is 375 g/mol. The lowest BCUT2D eigenvalue weighted by atomic mass is 9.92. The third-order valence-electron chi connectivity index (χ3n) is 5.50. The molecule has 5 heteroatoms. The lowest BCUT2D eigenvalue weighted by Gasteiger charge is -2.39. The first-order valence-electron chi connectivity index (χ1n) is 10.0. The number of pyridine rings is 1.